The lowest BCUT2D eigenvalue weighted by Crippen LogP contribution is -2.32. The highest BCUT2D eigenvalue weighted by Gasteiger charge is 2.14. The van der Waals surface area contributed by atoms with E-state index in [2.05, 4.69) is 12.2 Å². The Hall–Kier alpha value is -1.97. The van der Waals surface area contributed by atoms with Gasteiger partial charge in [0.15, 0.2) is 0 Å². The van der Waals surface area contributed by atoms with Gasteiger partial charge in [0, 0.05) is 6.54 Å². The number of rotatable bonds is 6. The number of ether oxygens (including phenoxy) is 2. The Labute approximate surface area is 127 Å². The maximum absolute atomic E-state index is 11.5. The van der Waals surface area contributed by atoms with E-state index in [9.17, 15) is 4.79 Å². The molecule has 116 valence electrons. The summed E-state index contributed by atoms with van der Waals surface area (Å²) in [5, 5.41) is 2.68. The fraction of sp³-hybridized carbons (Fsp3) is 0.471. The van der Waals surface area contributed by atoms with E-state index >= 15 is 0 Å². The van der Waals surface area contributed by atoms with E-state index in [1.807, 2.05) is 57.2 Å². The van der Waals surface area contributed by atoms with E-state index in [4.69, 9.17) is 9.47 Å². The normalized spacial score (nSPS) is 11.4. The van der Waals surface area contributed by atoms with Crippen LogP contribution in [0.25, 0.3) is 6.08 Å². The van der Waals surface area contributed by atoms with E-state index in [0.717, 1.165) is 17.7 Å². The second-order valence-electron chi connectivity index (χ2n) is 5.71. The number of hydrogen-bond acceptors (Lipinski definition) is 3. The fourth-order valence-corrected chi connectivity index (χ4v) is 1.58. The van der Waals surface area contributed by atoms with Gasteiger partial charge in [0.1, 0.15) is 11.4 Å². The lowest BCUT2D eigenvalue weighted by atomic mass is 10.2. The number of carbonyl (C=O) groups excluding carboxylic acids is 1. The van der Waals surface area contributed by atoms with Gasteiger partial charge < -0.3 is 14.8 Å². The van der Waals surface area contributed by atoms with Crippen LogP contribution in [0.3, 0.4) is 0 Å². The maximum Gasteiger partial charge on any atom is 0.407 e. The molecule has 21 heavy (non-hydrogen) atoms. The first-order valence-corrected chi connectivity index (χ1v) is 7.27. The minimum Gasteiger partial charge on any atom is -0.494 e. The summed E-state index contributed by atoms with van der Waals surface area (Å²) in [7, 11) is 0. The van der Waals surface area contributed by atoms with Crippen LogP contribution < -0.4 is 10.1 Å². The van der Waals surface area contributed by atoms with Crippen molar-refractivity contribution in [1.82, 2.24) is 5.32 Å². The molecule has 1 aromatic rings. The van der Waals surface area contributed by atoms with E-state index in [0.29, 0.717) is 13.2 Å². The molecule has 0 aromatic heterocycles. The van der Waals surface area contributed by atoms with Gasteiger partial charge in [0.05, 0.1) is 6.61 Å². The molecule has 1 N–H and O–H groups in total. The van der Waals surface area contributed by atoms with E-state index < -0.39 is 11.7 Å². The fourth-order valence-electron chi connectivity index (χ4n) is 1.58. The molecule has 0 aliphatic rings. The molecule has 0 aliphatic carbocycles. The summed E-state index contributed by atoms with van der Waals surface area (Å²) in [5.41, 5.74) is 0.563. The standard InChI is InChI=1S/C17H25NO3/c1-5-12-20-15-10-6-8-14(13-15)9-7-11-18-16(19)21-17(2,3)4/h6-10,13H,5,11-12H2,1-4H3,(H,18,19). The molecular formula is C17H25NO3. The zero-order valence-corrected chi connectivity index (χ0v) is 13.3. The van der Waals surface area contributed by atoms with Crippen LogP contribution in [0.5, 0.6) is 5.75 Å². The van der Waals surface area contributed by atoms with E-state index in [-0.39, 0.29) is 0 Å². The second kappa shape index (κ2) is 8.35. The first-order chi connectivity index (χ1) is 9.90. The molecule has 0 aliphatic heterocycles. The Morgan fingerprint density at radius 3 is 2.76 bits per heavy atom. The summed E-state index contributed by atoms with van der Waals surface area (Å²) in [4.78, 5) is 11.5. The molecular weight excluding hydrogens is 266 g/mol. The average Bonchev–Trinajstić information content (AvgIpc) is 2.40. The van der Waals surface area contributed by atoms with Gasteiger partial charge in [-0.1, -0.05) is 31.2 Å². The molecule has 0 saturated carbocycles. The van der Waals surface area contributed by atoms with Crippen molar-refractivity contribution in [2.75, 3.05) is 13.2 Å². The van der Waals surface area contributed by atoms with Gasteiger partial charge in [-0.25, -0.2) is 4.79 Å². The van der Waals surface area contributed by atoms with Crippen LogP contribution >= 0.6 is 0 Å². The average molecular weight is 291 g/mol. The Morgan fingerprint density at radius 1 is 1.33 bits per heavy atom. The Morgan fingerprint density at radius 2 is 2.10 bits per heavy atom. The first-order valence-electron chi connectivity index (χ1n) is 7.27. The Kier molecular flexibility index (Phi) is 6.79. The van der Waals surface area contributed by atoms with Crippen LogP contribution in [0, 0.1) is 0 Å². The van der Waals surface area contributed by atoms with Gasteiger partial charge in [0.25, 0.3) is 0 Å². The number of hydrogen-bond donors (Lipinski definition) is 1. The molecule has 0 bridgehead atoms. The van der Waals surface area contributed by atoms with Crippen molar-refractivity contribution in [2.45, 2.75) is 39.7 Å². The van der Waals surface area contributed by atoms with Crippen LogP contribution in [0.15, 0.2) is 30.3 Å². The van der Waals surface area contributed by atoms with Gasteiger partial charge >= 0.3 is 6.09 Å². The minimum absolute atomic E-state index is 0.410. The highest BCUT2D eigenvalue weighted by atomic mass is 16.6. The summed E-state index contributed by atoms with van der Waals surface area (Å²) in [6, 6.07) is 7.85. The highest BCUT2D eigenvalue weighted by molar-refractivity contribution is 5.68. The quantitative estimate of drug-likeness (QED) is 0.861. The lowest BCUT2D eigenvalue weighted by Gasteiger charge is -2.19. The number of benzene rings is 1. The molecule has 1 aromatic carbocycles. The molecule has 4 nitrogen and oxygen atoms in total. The predicted molar refractivity (Wildman–Crippen MR) is 85.5 cm³/mol. The first kappa shape index (κ1) is 17.1. The summed E-state index contributed by atoms with van der Waals surface area (Å²) in [6.07, 6.45) is 4.39. The molecule has 4 heteroatoms. The number of alkyl carbamates (subject to hydrolysis) is 1. The minimum atomic E-state index is -0.473. The summed E-state index contributed by atoms with van der Waals surface area (Å²) in [5.74, 6) is 0.860. The number of amides is 1. The molecule has 0 spiro atoms. The van der Waals surface area contributed by atoms with Crippen molar-refractivity contribution in [3.63, 3.8) is 0 Å². The zero-order chi connectivity index (χ0) is 15.7. The van der Waals surface area contributed by atoms with Crippen LogP contribution in [0.1, 0.15) is 39.7 Å². The monoisotopic (exact) mass is 291 g/mol. The predicted octanol–water partition coefficient (Wildman–Crippen LogP) is 4.01. The molecule has 0 radical (unpaired) electrons. The maximum atomic E-state index is 11.5. The van der Waals surface area contributed by atoms with Gasteiger partial charge in [-0.15, -0.1) is 0 Å². The molecule has 0 atom stereocenters. The van der Waals surface area contributed by atoms with Crippen molar-refractivity contribution >= 4 is 12.2 Å². The van der Waals surface area contributed by atoms with Crippen LogP contribution in [0.2, 0.25) is 0 Å². The molecule has 1 rings (SSSR count). The van der Waals surface area contributed by atoms with Gasteiger partial charge in [-0.3, -0.25) is 0 Å². The molecule has 0 heterocycles. The summed E-state index contributed by atoms with van der Waals surface area (Å²) in [6.45, 7) is 8.73. The van der Waals surface area contributed by atoms with Crippen LogP contribution in [-0.4, -0.2) is 24.8 Å². The van der Waals surface area contributed by atoms with Crippen LogP contribution in [0.4, 0.5) is 4.79 Å². The van der Waals surface area contributed by atoms with E-state index in [1.165, 1.54) is 0 Å². The lowest BCUT2D eigenvalue weighted by molar-refractivity contribution is 0.0534. The summed E-state index contributed by atoms with van der Waals surface area (Å²) >= 11 is 0. The van der Waals surface area contributed by atoms with Crippen molar-refractivity contribution in [2.24, 2.45) is 0 Å². The van der Waals surface area contributed by atoms with Crippen molar-refractivity contribution < 1.29 is 14.3 Å². The second-order valence-corrected chi connectivity index (χ2v) is 5.71. The molecule has 0 fully saturated rings. The Bertz CT molecular complexity index is 475. The van der Waals surface area contributed by atoms with Crippen molar-refractivity contribution in [3.05, 3.63) is 35.9 Å². The van der Waals surface area contributed by atoms with Gasteiger partial charge in [0.2, 0.25) is 0 Å². The SMILES string of the molecule is CCCOc1cccc(C=CCNC(=O)OC(C)(C)C)c1. The van der Waals surface area contributed by atoms with E-state index in [1.54, 1.807) is 0 Å². The molecule has 1 amide bonds. The molecule has 0 unspecified atom stereocenters. The third-order valence-corrected chi connectivity index (χ3v) is 2.40. The Balaban J connectivity index is 2.41. The zero-order valence-electron chi connectivity index (χ0n) is 13.3. The number of carbonyl (C=O) groups is 1. The summed E-state index contributed by atoms with van der Waals surface area (Å²) < 4.78 is 10.7. The van der Waals surface area contributed by atoms with Crippen molar-refractivity contribution in [1.29, 1.82) is 0 Å². The third kappa shape index (κ3) is 8.02. The van der Waals surface area contributed by atoms with Crippen LogP contribution in [-0.2, 0) is 4.74 Å². The largest absolute Gasteiger partial charge is 0.494 e. The van der Waals surface area contributed by atoms with Crippen molar-refractivity contribution in [3.8, 4) is 5.75 Å². The smallest absolute Gasteiger partial charge is 0.407 e. The number of nitrogens with one attached hydrogen (secondary N) is 1. The van der Waals surface area contributed by atoms with Gasteiger partial charge in [-0.05, 0) is 44.9 Å². The highest BCUT2D eigenvalue weighted by Crippen LogP contribution is 2.14. The third-order valence-electron chi connectivity index (χ3n) is 2.40. The molecule has 0 saturated heterocycles. The topological polar surface area (TPSA) is 47.6 Å². The van der Waals surface area contributed by atoms with Gasteiger partial charge in [-0.2, -0.15) is 0 Å².